The van der Waals surface area contributed by atoms with Crippen molar-refractivity contribution in [2.75, 3.05) is 20.3 Å². The SMILES string of the molecule is COc1c(OCC2CC2(F)F)ccc2c1CCNC2. The van der Waals surface area contributed by atoms with Gasteiger partial charge < -0.3 is 14.8 Å². The molecule has 0 radical (unpaired) electrons. The first-order valence-corrected chi connectivity index (χ1v) is 6.52. The van der Waals surface area contributed by atoms with E-state index < -0.39 is 11.8 Å². The molecule has 1 heterocycles. The van der Waals surface area contributed by atoms with Gasteiger partial charge in [0.15, 0.2) is 11.5 Å². The van der Waals surface area contributed by atoms with E-state index in [1.807, 2.05) is 12.1 Å². The zero-order valence-corrected chi connectivity index (χ0v) is 10.8. The number of alkyl halides is 2. The van der Waals surface area contributed by atoms with Crippen molar-refractivity contribution in [2.24, 2.45) is 5.92 Å². The maximum absolute atomic E-state index is 12.8. The summed E-state index contributed by atoms with van der Waals surface area (Å²) in [5.41, 5.74) is 2.31. The second-order valence-corrected chi connectivity index (χ2v) is 5.13. The highest BCUT2D eigenvalue weighted by molar-refractivity contribution is 5.51. The van der Waals surface area contributed by atoms with E-state index in [-0.39, 0.29) is 13.0 Å². The van der Waals surface area contributed by atoms with Gasteiger partial charge in [-0.25, -0.2) is 8.78 Å². The van der Waals surface area contributed by atoms with E-state index in [1.165, 1.54) is 5.56 Å². The monoisotopic (exact) mass is 269 g/mol. The predicted molar refractivity (Wildman–Crippen MR) is 67.0 cm³/mol. The second kappa shape index (κ2) is 4.63. The minimum atomic E-state index is -2.54. The van der Waals surface area contributed by atoms with E-state index in [1.54, 1.807) is 7.11 Å². The Morgan fingerprint density at radius 2 is 2.21 bits per heavy atom. The number of hydrogen-bond acceptors (Lipinski definition) is 3. The smallest absolute Gasteiger partial charge is 0.255 e. The highest BCUT2D eigenvalue weighted by Gasteiger charge is 2.57. The third kappa shape index (κ3) is 2.39. The van der Waals surface area contributed by atoms with Gasteiger partial charge in [-0.2, -0.15) is 0 Å². The highest BCUT2D eigenvalue weighted by Crippen LogP contribution is 2.49. The molecule has 2 aliphatic rings. The molecular weight excluding hydrogens is 252 g/mol. The zero-order chi connectivity index (χ0) is 13.5. The lowest BCUT2D eigenvalue weighted by atomic mass is 9.99. The lowest BCUT2D eigenvalue weighted by Gasteiger charge is -2.22. The molecule has 0 aromatic heterocycles. The topological polar surface area (TPSA) is 30.5 Å². The average molecular weight is 269 g/mol. The molecule has 1 aromatic carbocycles. The number of hydrogen-bond donors (Lipinski definition) is 1. The van der Waals surface area contributed by atoms with Crippen molar-refractivity contribution in [2.45, 2.75) is 25.3 Å². The number of rotatable bonds is 4. The first kappa shape index (κ1) is 12.7. The Morgan fingerprint density at radius 3 is 2.89 bits per heavy atom. The molecule has 0 amide bonds. The first-order valence-electron chi connectivity index (χ1n) is 6.52. The van der Waals surface area contributed by atoms with Crippen LogP contribution in [0.15, 0.2) is 12.1 Å². The molecule has 0 bridgehead atoms. The van der Waals surface area contributed by atoms with Gasteiger partial charge in [0.1, 0.15) is 0 Å². The molecule has 3 rings (SSSR count). The molecular formula is C14H17F2NO2. The van der Waals surface area contributed by atoms with Gasteiger partial charge >= 0.3 is 0 Å². The molecule has 3 nitrogen and oxygen atoms in total. The average Bonchev–Trinajstić information content (AvgIpc) is 3.03. The largest absolute Gasteiger partial charge is 0.493 e. The molecule has 1 saturated carbocycles. The normalized spacial score (nSPS) is 23.6. The summed E-state index contributed by atoms with van der Waals surface area (Å²) in [4.78, 5) is 0. The summed E-state index contributed by atoms with van der Waals surface area (Å²) in [5.74, 6) is -1.91. The van der Waals surface area contributed by atoms with E-state index >= 15 is 0 Å². The van der Waals surface area contributed by atoms with E-state index in [2.05, 4.69) is 5.32 Å². The quantitative estimate of drug-likeness (QED) is 0.910. The lowest BCUT2D eigenvalue weighted by molar-refractivity contribution is 0.0851. The van der Waals surface area contributed by atoms with Gasteiger partial charge in [-0.05, 0) is 24.6 Å². The van der Waals surface area contributed by atoms with Crippen LogP contribution in [0.4, 0.5) is 8.78 Å². The molecule has 0 spiro atoms. The molecule has 1 aliphatic heterocycles. The van der Waals surface area contributed by atoms with Crippen molar-refractivity contribution < 1.29 is 18.3 Å². The molecule has 0 saturated heterocycles. The standard InChI is InChI=1S/C14H17F2NO2/c1-18-13-11-4-5-17-7-9(11)2-3-12(13)19-8-10-6-14(10,15)16/h2-3,10,17H,4-8H2,1H3. The summed E-state index contributed by atoms with van der Waals surface area (Å²) in [6, 6.07) is 3.79. The molecule has 19 heavy (non-hydrogen) atoms. The van der Waals surface area contributed by atoms with E-state index in [0.29, 0.717) is 11.5 Å². The van der Waals surface area contributed by atoms with Crippen LogP contribution in [0, 0.1) is 5.92 Å². The molecule has 1 unspecified atom stereocenters. The van der Waals surface area contributed by atoms with Gasteiger partial charge in [0.2, 0.25) is 0 Å². The van der Waals surface area contributed by atoms with E-state index in [9.17, 15) is 8.78 Å². The van der Waals surface area contributed by atoms with Crippen LogP contribution in [0.2, 0.25) is 0 Å². The van der Waals surface area contributed by atoms with Crippen LogP contribution in [-0.4, -0.2) is 26.2 Å². The van der Waals surface area contributed by atoms with Crippen LogP contribution < -0.4 is 14.8 Å². The molecule has 1 atom stereocenters. The summed E-state index contributed by atoms with van der Waals surface area (Å²) in [7, 11) is 1.59. The fraction of sp³-hybridized carbons (Fsp3) is 0.571. The Labute approximate surface area is 110 Å². The molecule has 104 valence electrons. The fourth-order valence-electron chi connectivity index (χ4n) is 2.50. The Hall–Kier alpha value is -1.36. The van der Waals surface area contributed by atoms with Crippen LogP contribution in [0.25, 0.3) is 0 Å². The minimum Gasteiger partial charge on any atom is -0.493 e. The summed E-state index contributed by atoms with van der Waals surface area (Å²) in [6.45, 7) is 1.76. The van der Waals surface area contributed by atoms with Gasteiger partial charge in [0.25, 0.3) is 5.92 Å². The van der Waals surface area contributed by atoms with Gasteiger partial charge in [0, 0.05) is 18.5 Å². The van der Waals surface area contributed by atoms with E-state index in [4.69, 9.17) is 9.47 Å². The number of nitrogens with one attached hydrogen (secondary N) is 1. The van der Waals surface area contributed by atoms with Crippen molar-refractivity contribution in [3.8, 4) is 11.5 Å². The van der Waals surface area contributed by atoms with Crippen molar-refractivity contribution >= 4 is 0 Å². The third-order valence-electron chi connectivity index (χ3n) is 3.79. The number of methoxy groups -OCH3 is 1. The molecule has 1 aliphatic carbocycles. The van der Waals surface area contributed by atoms with Crippen LogP contribution >= 0.6 is 0 Å². The van der Waals surface area contributed by atoms with Gasteiger partial charge in [-0.3, -0.25) is 0 Å². The fourth-order valence-corrected chi connectivity index (χ4v) is 2.50. The Bertz CT molecular complexity index is 491. The summed E-state index contributed by atoms with van der Waals surface area (Å²) < 4.78 is 36.6. The van der Waals surface area contributed by atoms with Crippen LogP contribution in [0.3, 0.4) is 0 Å². The van der Waals surface area contributed by atoms with Crippen LogP contribution in [-0.2, 0) is 13.0 Å². The highest BCUT2D eigenvalue weighted by atomic mass is 19.3. The maximum atomic E-state index is 12.8. The summed E-state index contributed by atoms with van der Waals surface area (Å²) in [5, 5.41) is 3.29. The van der Waals surface area contributed by atoms with Gasteiger partial charge in [0.05, 0.1) is 19.6 Å². The Morgan fingerprint density at radius 1 is 1.42 bits per heavy atom. The molecule has 1 N–H and O–H groups in total. The Kier molecular flexibility index (Phi) is 3.09. The third-order valence-corrected chi connectivity index (χ3v) is 3.79. The number of benzene rings is 1. The number of fused-ring (bicyclic) bond motifs is 1. The maximum Gasteiger partial charge on any atom is 0.255 e. The first-order chi connectivity index (χ1) is 9.12. The van der Waals surface area contributed by atoms with Crippen molar-refractivity contribution in [1.29, 1.82) is 0 Å². The summed E-state index contributed by atoms with van der Waals surface area (Å²) >= 11 is 0. The number of ether oxygens (including phenoxy) is 2. The molecule has 1 fully saturated rings. The van der Waals surface area contributed by atoms with E-state index in [0.717, 1.165) is 25.1 Å². The minimum absolute atomic E-state index is 0.0559. The van der Waals surface area contributed by atoms with Crippen molar-refractivity contribution in [3.63, 3.8) is 0 Å². The van der Waals surface area contributed by atoms with Crippen LogP contribution in [0.5, 0.6) is 11.5 Å². The van der Waals surface area contributed by atoms with Crippen molar-refractivity contribution in [1.82, 2.24) is 5.32 Å². The lowest BCUT2D eigenvalue weighted by Crippen LogP contribution is -2.24. The molecule has 5 heteroatoms. The summed E-state index contributed by atoms with van der Waals surface area (Å²) in [6.07, 6.45) is 0.805. The number of halogens is 2. The zero-order valence-electron chi connectivity index (χ0n) is 10.8. The predicted octanol–water partition coefficient (Wildman–Crippen LogP) is 2.37. The molecule has 1 aromatic rings. The van der Waals surface area contributed by atoms with Gasteiger partial charge in [-0.15, -0.1) is 0 Å². The van der Waals surface area contributed by atoms with Crippen molar-refractivity contribution in [3.05, 3.63) is 23.3 Å². The van der Waals surface area contributed by atoms with Crippen LogP contribution in [0.1, 0.15) is 17.5 Å². The Balaban J connectivity index is 1.77. The second-order valence-electron chi connectivity index (χ2n) is 5.13. The van der Waals surface area contributed by atoms with Gasteiger partial charge in [-0.1, -0.05) is 6.07 Å².